The Labute approximate surface area is 158 Å². The lowest BCUT2D eigenvalue weighted by Gasteiger charge is -2.11. The number of nitrogens with one attached hydrogen (secondary N) is 1. The fraction of sp³-hybridized carbons (Fsp3) is 0.0500. The maximum absolute atomic E-state index is 13.2. The molecule has 4 rings (SSSR count). The van der Waals surface area contributed by atoms with Crippen LogP contribution in [0.4, 0.5) is 10.1 Å². The second-order valence-electron chi connectivity index (χ2n) is 5.87. The number of hydrogen-bond acceptors (Lipinski definition) is 2. The fourth-order valence-corrected chi connectivity index (χ4v) is 3.78. The molecule has 0 radical (unpaired) electrons. The highest BCUT2D eigenvalue weighted by atomic mass is 35.5. The van der Waals surface area contributed by atoms with Crippen molar-refractivity contribution in [2.24, 2.45) is 0 Å². The van der Waals surface area contributed by atoms with E-state index >= 15 is 0 Å². The van der Waals surface area contributed by atoms with Gasteiger partial charge < -0.3 is 9.88 Å². The first-order chi connectivity index (χ1) is 12.6. The van der Waals surface area contributed by atoms with Crippen LogP contribution in [0.2, 0.25) is 5.02 Å². The minimum atomic E-state index is -0.275. The molecule has 0 unspecified atom stereocenters. The van der Waals surface area contributed by atoms with Gasteiger partial charge in [-0.05, 0) is 59.5 Å². The van der Waals surface area contributed by atoms with E-state index in [4.69, 9.17) is 11.6 Å². The first kappa shape index (κ1) is 16.8. The van der Waals surface area contributed by atoms with E-state index in [0.717, 1.165) is 15.8 Å². The minimum absolute atomic E-state index is 0.196. The molecule has 130 valence electrons. The predicted molar refractivity (Wildman–Crippen MR) is 105 cm³/mol. The van der Waals surface area contributed by atoms with Crippen molar-refractivity contribution in [2.45, 2.75) is 6.54 Å². The zero-order chi connectivity index (χ0) is 18.1. The Hall–Kier alpha value is -2.63. The molecule has 0 fully saturated rings. The van der Waals surface area contributed by atoms with E-state index < -0.39 is 0 Å². The second-order valence-corrected chi connectivity index (χ2v) is 7.26. The zero-order valence-corrected chi connectivity index (χ0v) is 15.2. The molecule has 0 aliphatic rings. The summed E-state index contributed by atoms with van der Waals surface area (Å²) in [5.74, 6) is -0.472. The van der Waals surface area contributed by atoms with Crippen LogP contribution in [0, 0.1) is 5.82 Å². The van der Waals surface area contributed by atoms with Crippen molar-refractivity contribution in [3.8, 4) is 0 Å². The number of rotatable bonds is 4. The van der Waals surface area contributed by atoms with Gasteiger partial charge in [0.15, 0.2) is 0 Å². The molecule has 2 aromatic heterocycles. The van der Waals surface area contributed by atoms with Crippen molar-refractivity contribution in [1.82, 2.24) is 4.57 Å². The average molecular weight is 385 g/mol. The number of amides is 1. The second kappa shape index (κ2) is 6.94. The summed E-state index contributed by atoms with van der Waals surface area (Å²) in [5, 5.41) is 5.50. The quantitative estimate of drug-likeness (QED) is 0.474. The van der Waals surface area contributed by atoms with Crippen LogP contribution in [0.3, 0.4) is 0 Å². The monoisotopic (exact) mass is 384 g/mol. The maximum atomic E-state index is 13.2. The van der Waals surface area contributed by atoms with Gasteiger partial charge in [0, 0.05) is 17.3 Å². The van der Waals surface area contributed by atoms with Crippen LogP contribution in [-0.4, -0.2) is 10.5 Å². The molecule has 2 aromatic carbocycles. The van der Waals surface area contributed by atoms with Gasteiger partial charge in [-0.15, -0.1) is 11.3 Å². The molecule has 0 aliphatic heterocycles. The normalized spacial score (nSPS) is 11.0. The lowest BCUT2D eigenvalue weighted by Crippen LogP contribution is -2.17. The highest BCUT2D eigenvalue weighted by molar-refractivity contribution is 7.17. The number of fused-ring (bicyclic) bond motifs is 1. The molecule has 1 N–H and O–H groups in total. The Morgan fingerprint density at radius 2 is 1.81 bits per heavy atom. The SMILES string of the molecule is O=C(Nc1ccc(Cl)cc1)c1cc2sccc2n1Cc1ccc(F)cc1. The zero-order valence-electron chi connectivity index (χ0n) is 13.6. The topological polar surface area (TPSA) is 34.0 Å². The molecule has 0 spiro atoms. The van der Waals surface area contributed by atoms with E-state index in [9.17, 15) is 9.18 Å². The third-order valence-electron chi connectivity index (χ3n) is 4.11. The first-order valence-electron chi connectivity index (χ1n) is 7.98. The molecule has 4 aromatic rings. The van der Waals surface area contributed by atoms with Crippen LogP contribution < -0.4 is 5.32 Å². The Morgan fingerprint density at radius 1 is 1.08 bits per heavy atom. The van der Waals surface area contributed by atoms with Crippen molar-refractivity contribution < 1.29 is 9.18 Å². The summed E-state index contributed by atoms with van der Waals surface area (Å²) >= 11 is 7.47. The predicted octanol–water partition coefficient (Wildman–Crippen LogP) is 5.80. The fourth-order valence-electron chi connectivity index (χ4n) is 2.84. The minimum Gasteiger partial charge on any atom is -0.331 e. The van der Waals surface area contributed by atoms with E-state index in [1.165, 1.54) is 12.1 Å². The number of carbonyl (C=O) groups excluding carboxylic acids is 1. The Balaban J connectivity index is 1.67. The molecule has 3 nitrogen and oxygen atoms in total. The molecular weight excluding hydrogens is 371 g/mol. The van der Waals surface area contributed by atoms with Gasteiger partial charge in [0.2, 0.25) is 0 Å². The summed E-state index contributed by atoms with van der Waals surface area (Å²) in [4.78, 5) is 12.8. The van der Waals surface area contributed by atoms with Gasteiger partial charge in [0.1, 0.15) is 11.5 Å². The molecular formula is C20H14ClFN2OS. The number of anilines is 1. The average Bonchev–Trinajstić information content (AvgIpc) is 3.21. The van der Waals surface area contributed by atoms with Crippen molar-refractivity contribution in [3.05, 3.63) is 88.1 Å². The van der Waals surface area contributed by atoms with Crippen LogP contribution >= 0.6 is 22.9 Å². The summed E-state index contributed by atoms with van der Waals surface area (Å²) in [6.07, 6.45) is 0. The third-order valence-corrected chi connectivity index (χ3v) is 5.22. The van der Waals surface area contributed by atoms with Crippen molar-refractivity contribution in [3.63, 3.8) is 0 Å². The smallest absolute Gasteiger partial charge is 0.272 e. The largest absolute Gasteiger partial charge is 0.331 e. The van der Waals surface area contributed by atoms with Crippen molar-refractivity contribution >= 4 is 44.7 Å². The highest BCUT2D eigenvalue weighted by Gasteiger charge is 2.17. The summed E-state index contributed by atoms with van der Waals surface area (Å²) < 4.78 is 16.2. The summed E-state index contributed by atoms with van der Waals surface area (Å²) in [7, 11) is 0. The van der Waals surface area contributed by atoms with E-state index in [1.54, 1.807) is 47.7 Å². The molecule has 0 bridgehead atoms. The Bertz CT molecular complexity index is 1070. The lowest BCUT2D eigenvalue weighted by molar-refractivity contribution is 0.101. The van der Waals surface area contributed by atoms with Gasteiger partial charge in [0.05, 0.1) is 10.2 Å². The molecule has 2 heterocycles. The van der Waals surface area contributed by atoms with Gasteiger partial charge >= 0.3 is 0 Å². The number of benzene rings is 2. The standard InChI is InChI=1S/C20H14ClFN2OS/c21-14-3-7-16(8-4-14)23-20(25)18-11-19-17(9-10-26-19)24(18)12-13-1-5-15(22)6-2-13/h1-11H,12H2,(H,23,25). The van der Waals surface area contributed by atoms with E-state index in [2.05, 4.69) is 5.32 Å². The van der Waals surface area contributed by atoms with Crippen LogP contribution in [-0.2, 0) is 6.54 Å². The molecule has 0 atom stereocenters. The van der Waals surface area contributed by atoms with Gasteiger partial charge in [-0.25, -0.2) is 4.39 Å². The third kappa shape index (κ3) is 3.36. The van der Waals surface area contributed by atoms with E-state index in [-0.39, 0.29) is 11.7 Å². The number of carbonyl (C=O) groups is 1. The van der Waals surface area contributed by atoms with Crippen LogP contribution in [0.15, 0.2) is 66.0 Å². The van der Waals surface area contributed by atoms with Gasteiger partial charge in [0.25, 0.3) is 5.91 Å². The number of nitrogens with zero attached hydrogens (tertiary/aromatic N) is 1. The van der Waals surface area contributed by atoms with E-state index in [1.807, 2.05) is 22.1 Å². The Kier molecular flexibility index (Phi) is 4.49. The summed E-state index contributed by atoms with van der Waals surface area (Å²) in [6.45, 7) is 0.490. The van der Waals surface area contributed by atoms with Gasteiger partial charge in [-0.2, -0.15) is 0 Å². The Morgan fingerprint density at radius 3 is 2.54 bits per heavy atom. The molecule has 1 amide bonds. The maximum Gasteiger partial charge on any atom is 0.272 e. The first-order valence-corrected chi connectivity index (χ1v) is 9.24. The van der Waals surface area contributed by atoms with Crippen molar-refractivity contribution in [2.75, 3.05) is 5.32 Å². The molecule has 26 heavy (non-hydrogen) atoms. The van der Waals surface area contributed by atoms with Crippen LogP contribution in [0.1, 0.15) is 16.1 Å². The van der Waals surface area contributed by atoms with Crippen LogP contribution in [0.5, 0.6) is 0 Å². The molecule has 0 aliphatic carbocycles. The van der Waals surface area contributed by atoms with Crippen LogP contribution in [0.25, 0.3) is 10.2 Å². The highest BCUT2D eigenvalue weighted by Crippen LogP contribution is 2.27. The number of halogens is 2. The molecule has 0 saturated heterocycles. The number of hydrogen-bond donors (Lipinski definition) is 1. The summed E-state index contributed by atoms with van der Waals surface area (Å²) in [5.41, 5.74) is 3.15. The number of aromatic nitrogens is 1. The van der Waals surface area contributed by atoms with Crippen molar-refractivity contribution in [1.29, 1.82) is 0 Å². The van der Waals surface area contributed by atoms with Gasteiger partial charge in [-0.3, -0.25) is 4.79 Å². The molecule has 0 saturated carbocycles. The lowest BCUT2D eigenvalue weighted by atomic mass is 10.2. The summed E-state index contributed by atoms with van der Waals surface area (Å²) in [6, 6.07) is 17.2. The van der Waals surface area contributed by atoms with Gasteiger partial charge in [-0.1, -0.05) is 23.7 Å². The van der Waals surface area contributed by atoms with E-state index in [0.29, 0.717) is 22.9 Å². The number of thiophene rings is 1. The molecule has 6 heteroatoms.